The highest BCUT2D eigenvalue weighted by Crippen LogP contribution is 2.35. The van der Waals surface area contributed by atoms with Crippen molar-refractivity contribution in [2.24, 2.45) is 18.2 Å². The summed E-state index contributed by atoms with van der Waals surface area (Å²) in [7, 11) is 2.02. The highest BCUT2D eigenvalue weighted by molar-refractivity contribution is 5.82. The van der Waals surface area contributed by atoms with Gasteiger partial charge < -0.3 is 15.6 Å². The second-order valence-corrected chi connectivity index (χ2v) is 5.75. The molecule has 3 N–H and O–H groups in total. The Bertz CT molecular complexity index is 444. The summed E-state index contributed by atoms with van der Waals surface area (Å²) in [5.74, 6) is 0.133. The van der Waals surface area contributed by atoms with E-state index in [1.807, 2.05) is 7.05 Å². The van der Waals surface area contributed by atoms with Gasteiger partial charge in [-0.25, -0.2) is 0 Å². The van der Waals surface area contributed by atoms with E-state index < -0.39 is 0 Å². The van der Waals surface area contributed by atoms with Crippen LogP contribution in [0.2, 0.25) is 0 Å². The molecule has 1 heterocycles. The van der Waals surface area contributed by atoms with E-state index in [4.69, 9.17) is 5.73 Å². The van der Waals surface area contributed by atoms with Crippen molar-refractivity contribution in [3.8, 4) is 0 Å². The van der Waals surface area contributed by atoms with Gasteiger partial charge in [-0.15, -0.1) is 0 Å². The second-order valence-electron chi connectivity index (χ2n) is 5.75. The molecule has 1 aliphatic carbocycles. The molecule has 19 heavy (non-hydrogen) atoms. The molecule has 1 fully saturated rings. The van der Waals surface area contributed by atoms with E-state index >= 15 is 0 Å². The first-order chi connectivity index (χ1) is 9.09. The Morgan fingerprint density at radius 3 is 2.58 bits per heavy atom. The third-order valence-electron chi connectivity index (χ3n) is 4.59. The highest BCUT2D eigenvalue weighted by atomic mass is 16.2. The molecule has 0 atom stereocenters. The third kappa shape index (κ3) is 2.84. The van der Waals surface area contributed by atoms with Gasteiger partial charge in [0.25, 0.3) is 0 Å². The number of amides is 1. The maximum Gasteiger partial charge on any atom is 0.227 e. The maximum absolute atomic E-state index is 12.4. The van der Waals surface area contributed by atoms with Crippen LogP contribution in [0.4, 0.5) is 0 Å². The molecule has 2 rings (SSSR count). The SMILES string of the molecule is Cc1ccc(CNC(=O)C2(CN)CCCCC2)n1C. The normalized spacial score (nSPS) is 18.3. The molecular formula is C15H25N3O. The van der Waals surface area contributed by atoms with Crippen LogP contribution in [0.1, 0.15) is 43.5 Å². The number of aryl methyl sites for hydroxylation is 1. The monoisotopic (exact) mass is 263 g/mol. The lowest BCUT2D eigenvalue weighted by molar-refractivity contribution is -0.132. The van der Waals surface area contributed by atoms with E-state index in [2.05, 4.69) is 28.9 Å². The van der Waals surface area contributed by atoms with Gasteiger partial charge >= 0.3 is 0 Å². The first-order valence-electron chi connectivity index (χ1n) is 7.19. The standard InChI is InChI=1S/C15H25N3O/c1-12-6-7-13(18(12)2)10-17-14(19)15(11-16)8-4-3-5-9-15/h6-7H,3-5,8-11,16H2,1-2H3,(H,17,19). The van der Waals surface area contributed by atoms with Crippen molar-refractivity contribution in [3.63, 3.8) is 0 Å². The largest absolute Gasteiger partial charge is 0.350 e. The number of nitrogens with one attached hydrogen (secondary N) is 1. The predicted octanol–water partition coefficient (Wildman–Crippen LogP) is 1.86. The molecule has 1 aliphatic rings. The van der Waals surface area contributed by atoms with E-state index in [1.54, 1.807) is 0 Å². The van der Waals surface area contributed by atoms with Crippen molar-refractivity contribution in [1.82, 2.24) is 9.88 Å². The number of rotatable bonds is 4. The average Bonchev–Trinajstić information content (AvgIpc) is 2.77. The summed E-state index contributed by atoms with van der Waals surface area (Å²) in [6.07, 6.45) is 5.33. The van der Waals surface area contributed by atoms with Crippen LogP contribution in [0.5, 0.6) is 0 Å². The van der Waals surface area contributed by atoms with Gasteiger partial charge in [-0.3, -0.25) is 4.79 Å². The molecule has 1 amide bonds. The van der Waals surface area contributed by atoms with Gasteiger partial charge in [0.2, 0.25) is 5.91 Å². The quantitative estimate of drug-likeness (QED) is 0.871. The molecule has 0 aromatic carbocycles. The Morgan fingerprint density at radius 1 is 1.37 bits per heavy atom. The summed E-state index contributed by atoms with van der Waals surface area (Å²) < 4.78 is 2.11. The van der Waals surface area contributed by atoms with Crippen molar-refractivity contribution < 1.29 is 4.79 Å². The van der Waals surface area contributed by atoms with Gasteiger partial charge in [-0.05, 0) is 31.9 Å². The minimum absolute atomic E-state index is 0.133. The molecule has 4 heteroatoms. The third-order valence-corrected chi connectivity index (χ3v) is 4.59. The first-order valence-corrected chi connectivity index (χ1v) is 7.19. The summed E-state index contributed by atoms with van der Waals surface area (Å²) in [5, 5.41) is 3.07. The summed E-state index contributed by atoms with van der Waals surface area (Å²) in [6.45, 7) is 3.11. The van der Waals surface area contributed by atoms with Crippen molar-refractivity contribution in [2.75, 3.05) is 6.54 Å². The number of carbonyl (C=O) groups excluding carboxylic acids is 1. The van der Waals surface area contributed by atoms with Gasteiger partial charge in [-0.2, -0.15) is 0 Å². The van der Waals surface area contributed by atoms with Gasteiger partial charge in [0, 0.05) is 25.0 Å². The van der Waals surface area contributed by atoms with Crippen LogP contribution in [-0.4, -0.2) is 17.0 Å². The number of carbonyl (C=O) groups is 1. The summed E-state index contributed by atoms with van der Waals surface area (Å²) in [4.78, 5) is 12.4. The summed E-state index contributed by atoms with van der Waals surface area (Å²) in [5.41, 5.74) is 7.89. The number of hydrogen-bond acceptors (Lipinski definition) is 2. The van der Waals surface area contributed by atoms with Crippen LogP contribution in [-0.2, 0) is 18.4 Å². The molecule has 0 saturated heterocycles. The van der Waals surface area contributed by atoms with Gasteiger partial charge in [0.15, 0.2) is 0 Å². The van der Waals surface area contributed by atoms with Crippen LogP contribution in [0, 0.1) is 12.3 Å². The lowest BCUT2D eigenvalue weighted by atomic mass is 9.73. The number of hydrogen-bond donors (Lipinski definition) is 2. The fourth-order valence-corrected chi connectivity index (χ4v) is 2.96. The molecule has 0 unspecified atom stereocenters. The van der Waals surface area contributed by atoms with Crippen molar-refractivity contribution in [2.45, 2.75) is 45.6 Å². The molecule has 106 valence electrons. The molecule has 0 spiro atoms. The van der Waals surface area contributed by atoms with Crippen molar-refractivity contribution >= 4 is 5.91 Å². The lowest BCUT2D eigenvalue weighted by Crippen LogP contribution is -2.47. The minimum atomic E-state index is -0.321. The number of aromatic nitrogens is 1. The highest BCUT2D eigenvalue weighted by Gasteiger charge is 2.37. The topological polar surface area (TPSA) is 60.1 Å². The summed E-state index contributed by atoms with van der Waals surface area (Å²) >= 11 is 0. The van der Waals surface area contributed by atoms with Crippen LogP contribution < -0.4 is 11.1 Å². The van der Waals surface area contributed by atoms with E-state index in [0.29, 0.717) is 13.1 Å². The molecule has 0 bridgehead atoms. The van der Waals surface area contributed by atoms with E-state index in [1.165, 1.54) is 12.1 Å². The molecule has 1 aromatic rings. The Morgan fingerprint density at radius 2 is 2.05 bits per heavy atom. The van der Waals surface area contributed by atoms with Crippen molar-refractivity contribution in [3.05, 3.63) is 23.5 Å². The Hall–Kier alpha value is -1.29. The molecule has 1 aromatic heterocycles. The van der Waals surface area contributed by atoms with Gasteiger partial charge in [0.05, 0.1) is 12.0 Å². The summed E-state index contributed by atoms with van der Waals surface area (Å²) in [6, 6.07) is 4.13. The zero-order chi connectivity index (χ0) is 13.9. The second kappa shape index (κ2) is 5.78. The smallest absolute Gasteiger partial charge is 0.227 e. The molecular weight excluding hydrogens is 238 g/mol. The fraction of sp³-hybridized carbons (Fsp3) is 0.667. The first kappa shape index (κ1) is 14.1. The van der Waals surface area contributed by atoms with Crippen LogP contribution in [0.3, 0.4) is 0 Å². The Kier molecular flexibility index (Phi) is 4.30. The fourth-order valence-electron chi connectivity index (χ4n) is 2.96. The van der Waals surface area contributed by atoms with Crippen LogP contribution in [0.15, 0.2) is 12.1 Å². The Balaban J connectivity index is 1.98. The van der Waals surface area contributed by atoms with Crippen LogP contribution >= 0.6 is 0 Å². The van der Waals surface area contributed by atoms with Gasteiger partial charge in [-0.1, -0.05) is 19.3 Å². The van der Waals surface area contributed by atoms with Crippen LogP contribution in [0.25, 0.3) is 0 Å². The van der Waals surface area contributed by atoms with Crippen molar-refractivity contribution in [1.29, 1.82) is 0 Å². The molecule has 0 aliphatic heterocycles. The zero-order valence-electron chi connectivity index (χ0n) is 12.0. The predicted molar refractivity (Wildman–Crippen MR) is 76.6 cm³/mol. The van der Waals surface area contributed by atoms with Gasteiger partial charge in [0.1, 0.15) is 0 Å². The molecule has 0 radical (unpaired) electrons. The van der Waals surface area contributed by atoms with E-state index in [0.717, 1.165) is 31.4 Å². The zero-order valence-corrected chi connectivity index (χ0v) is 12.0. The molecule has 1 saturated carbocycles. The molecule has 4 nitrogen and oxygen atoms in total. The van der Waals surface area contributed by atoms with E-state index in [9.17, 15) is 4.79 Å². The minimum Gasteiger partial charge on any atom is -0.350 e. The maximum atomic E-state index is 12.4. The number of nitrogens with zero attached hydrogens (tertiary/aromatic N) is 1. The average molecular weight is 263 g/mol. The lowest BCUT2D eigenvalue weighted by Gasteiger charge is -2.34. The van der Waals surface area contributed by atoms with E-state index in [-0.39, 0.29) is 11.3 Å². The number of nitrogens with two attached hydrogens (primary N) is 1. The Labute approximate surface area is 115 Å².